The first-order chi connectivity index (χ1) is 10.2. The second-order valence-corrected chi connectivity index (χ2v) is 7.30. The number of halogens is 1. The highest BCUT2D eigenvalue weighted by molar-refractivity contribution is 9.10. The molecule has 2 rings (SSSR count). The van der Waals surface area contributed by atoms with Crippen molar-refractivity contribution in [3.63, 3.8) is 0 Å². The van der Waals surface area contributed by atoms with Crippen LogP contribution in [0.2, 0.25) is 0 Å². The molecule has 21 heavy (non-hydrogen) atoms. The fourth-order valence-corrected chi connectivity index (χ4v) is 3.98. The first kappa shape index (κ1) is 16.4. The van der Waals surface area contributed by atoms with E-state index in [1.807, 2.05) is 42.5 Å². The summed E-state index contributed by atoms with van der Waals surface area (Å²) in [5.41, 5.74) is 1.19. The highest BCUT2D eigenvalue weighted by Gasteiger charge is 2.15. The van der Waals surface area contributed by atoms with Crippen LogP contribution in [-0.4, -0.2) is 16.5 Å². The van der Waals surface area contributed by atoms with Crippen molar-refractivity contribution in [2.45, 2.75) is 24.3 Å². The van der Waals surface area contributed by atoms with E-state index >= 15 is 0 Å². The summed E-state index contributed by atoms with van der Waals surface area (Å²) in [6.45, 7) is 3.07. The number of nitrogens with one attached hydrogen (secondary N) is 1. The normalized spacial score (nSPS) is 13.8. The standard InChI is InChI=1S/C17H20BrNOS/c1-2-11-19-17(14-7-4-3-5-8-14)13-21(20)16-10-6-9-15(18)12-16/h3-10,12,17,19H,2,11,13H2,1H3. The maximum absolute atomic E-state index is 12.6. The molecule has 2 atom stereocenters. The third kappa shape index (κ3) is 5.06. The lowest BCUT2D eigenvalue weighted by atomic mass is 10.1. The van der Waals surface area contributed by atoms with Crippen molar-refractivity contribution < 1.29 is 4.21 Å². The van der Waals surface area contributed by atoms with Crippen LogP contribution >= 0.6 is 15.9 Å². The van der Waals surface area contributed by atoms with Gasteiger partial charge in [-0.2, -0.15) is 0 Å². The van der Waals surface area contributed by atoms with Gasteiger partial charge in [-0.15, -0.1) is 0 Å². The SMILES string of the molecule is CCCNC(CS(=O)c1cccc(Br)c1)c1ccccc1. The predicted molar refractivity (Wildman–Crippen MR) is 92.9 cm³/mol. The van der Waals surface area contributed by atoms with E-state index in [1.54, 1.807) is 0 Å². The molecule has 0 saturated carbocycles. The molecule has 0 aromatic heterocycles. The van der Waals surface area contributed by atoms with E-state index in [0.717, 1.165) is 22.3 Å². The lowest BCUT2D eigenvalue weighted by molar-refractivity contribution is 0.569. The van der Waals surface area contributed by atoms with Gasteiger partial charge in [0.25, 0.3) is 0 Å². The Morgan fingerprint density at radius 3 is 2.57 bits per heavy atom. The summed E-state index contributed by atoms with van der Waals surface area (Å²) in [7, 11) is -1.02. The molecule has 0 radical (unpaired) electrons. The molecule has 0 amide bonds. The Morgan fingerprint density at radius 1 is 1.14 bits per heavy atom. The molecule has 0 aliphatic rings. The van der Waals surface area contributed by atoms with Crippen molar-refractivity contribution in [1.82, 2.24) is 5.32 Å². The molecule has 0 aliphatic heterocycles. The second-order valence-electron chi connectivity index (χ2n) is 4.89. The summed E-state index contributed by atoms with van der Waals surface area (Å²) < 4.78 is 13.6. The molecule has 2 aromatic carbocycles. The molecule has 0 spiro atoms. The average Bonchev–Trinajstić information content (AvgIpc) is 2.52. The van der Waals surface area contributed by atoms with E-state index < -0.39 is 10.8 Å². The van der Waals surface area contributed by atoms with E-state index in [-0.39, 0.29) is 6.04 Å². The minimum atomic E-state index is -1.02. The zero-order chi connectivity index (χ0) is 15.1. The van der Waals surface area contributed by atoms with Crippen molar-refractivity contribution in [2.75, 3.05) is 12.3 Å². The van der Waals surface area contributed by atoms with Crippen LogP contribution in [-0.2, 0) is 10.8 Å². The molecular weight excluding hydrogens is 346 g/mol. The van der Waals surface area contributed by atoms with Crippen molar-refractivity contribution >= 4 is 26.7 Å². The third-order valence-corrected chi connectivity index (χ3v) is 5.13. The highest BCUT2D eigenvalue weighted by atomic mass is 79.9. The Morgan fingerprint density at radius 2 is 1.90 bits per heavy atom. The number of hydrogen-bond acceptors (Lipinski definition) is 2. The van der Waals surface area contributed by atoms with Crippen LogP contribution in [0.25, 0.3) is 0 Å². The van der Waals surface area contributed by atoms with Crippen LogP contribution in [0.4, 0.5) is 0 Å². The van der Waals surface area contributed by atoms with Gasteiger partial charge in [-0.05, 0) is 36.7 Å². The van der Waals surface area contributed by atoms with Crippen LogP contribution in [0, 0.1) is 0 Å². The van der Waals surface area contributed by atoms with E-state index in [9.17, 15) is 4.21 Å². The molecule has 2 nitrogen and oxygen atoms in total. The quantitative estimate of drug-likeness (QED) is 0.792. The van der Waals surface area contributed by atoms with E-state index in [4.69, 9.17) is 0 Å². The Labute approximate surface area is 137 Å². The van der Waals surface area contributed by atoms with Gasteiger partial charge in [0.05, 0.1) is 10.8 Å². The number of hydrogen-bond donors (Lipinski definition) is 1. The zero-order valence-electron chi connectivity index (χ0n) is 12.1. The Kier molecular flexibility index (Phi) is 6.61. The van der Waals surface area contributed by atoms with Crippen molar-refractivity contribution in [3.05, 3.63) is 64.6 Å². The molecule has 112 valence electrons. The molecule has 4 heteroatoms. The maximum Gasteiger partial charge on any atom is 0.0549 e. The molecule has 1 N–H and O–H groups in total. The van der Waals surface area contributed by atoms with E-state index in [0.29, 0.717) is 5.75 Å². The van der Waals surface area contributed by atoms with Crippen molar-refractivity contribution in [3.8, 4) is 0 Å². The number of benzene rings is 2. The van der Waals surface area contributed by atoms with Crippen molar-refractivity contribution in [2.24, 2.45) is 0 Å². The molecule has 0 heterocycles. The molecule has 2 aromatic rings. The predicted octanol–water partition coefficient (Wildman–Crippen LogP) is 4.30. The van der Waals surface area contributed by atoms with Gasteiger partial charge < -0.3 is 5.32 Å². The summed E-state index contributed by atoms with van der Waals surface area (Å²) >= 11 is 3.43. The van der Waals surface area contributed by atoms with Gasteiger partial charge in [-0.3, -0.25) is 4.21 Å². The Hall–Kier alpha value is -0.970. The molecular formula is C17H20BrNOS. The second kappa shape index (κ2) is 8.47. The topological polar surface area (TPSA) is 29.1 Å². The van der Waals surface area contributed by atoms with Crippen LogP contribution in [0.5, 0.6) is 0 Å². The largest absolute Gasteiger partial charge is 0.309 e. The average molecular weight is 366 g/mol. The first-order valence-electron chi connectivity index (χ1n) is 7.13. The summed E-state index contributed by atoms with van der Waals surface area (Å²) in [6.07, 6.45) is 1.06. The van der Waals surface area contributed by atoms with Gasteiger partial charge >= 0.3 is 0 Å². The highest BCUT2D eigenvalue weighted by Crippen LogP contribution is 2.20. The van der Waals surface area contributed by atoms with Gasteiger partial charge in [-0.25, -0.2) is 0 Å². The lowest BCUT2D eigenvalue weighted by Gasteiger charge is -2.18. The van der Waals surface area contributed by atoms with E-state index in [1.165, 1.54) is 5.56 Å². The van der Waals surface area contributed by atoms with Crippen LogP contribution < -0.4 is 5.32 Å². The van der Waals surface area contributed by atoms with E-state index in [2.05, 4.69) is 40.3 Å². The molecule has 2 unspecified atom stereocenters. The monoisotopic (exact) mass is 365 g/mol. The molecule has 0 bridgehead atoms. The lowest BCUT2D eigenvalue weighted by Crippen LogP contribution is -2.27. The van der Waals surface area contributed by atoms with Gasteiger partial charge in [0.2, 0.25) is 0 Å². The minimum absolute atomic E-state index is 0.117. The third-order valence-electron chi connectivity index (χ3n) is 3.22. The smallest absolute Gasteiger partial charge is 0.0549 e. The number of rotatable bonds is 7. The van der Waals surface area contributed by atoms with Gasteiger partial charge in [0.1, 0.15) is 0 Å². The molecule has 0 fully saturated rings. The van der Waals surface area contributed by atoms with Gasteiger partial charge in [0.15, 0.2) is 0 Å². The zero-order valence-corrected chi connectivity index (χ0v) is 14.5. The molecule has 0 saturated heterocycles. The van der Waals surface area contributed by atoms with Crippen molar-refractivity contribution in [1.29, 1.82) is 0 Å². The Balaban J connectivity index is 2.13. The van der Waals surface area contributed by atoms with Crippen LogP contribution in [0.15, 0.2) is 64.0 Å². The molecule has 0 aliphatic carbocycles. The van der Waals surface area contributed by atoms with Crippen LogP contribution in [0.1, 0.15) is 24.9 Å². The first-order valence-corrected chi connectivity index (χ1v) is 9.24. The fourth-order valence-electron chi connectivity index (χ4n) is 2.13. The summed E-state index contributed by atoms with van der Waals surface area (Å²) in [5, 5.41) is 3.50. The van der Waals surface area contributed by atoms with Crippen LogP contribution in [0.3, 0.4) is 0 Å². The van der Waals surface area contributed by atoms with Gasteiger partial charge in [0, 0.05) is 21.2 Å². The summed E-state index contributed by atoms with van der Waals surface area (Å²) in [4.78, 5) is 0.864. The summed E-state index contributed by atoms with van der Waals surface area (Å²) in [5.74, 6) is 0.584. The Bertz CT molecular complexity index is 588. The minimum Gasteiger partial charge on any atom is -0.309 e. The fraction of sp³-hybridized carbons (Fsp3) is 0.294. The summed E-state index contributed by atoms with van der Waals surface area (Å²) in [6, 6.07) is 18.1. The van der Waals surface area contributed by atoms with Gasteiger partial charge in [-0.1, -0.05) is 59.3 Å². The maximum atomic E-state index is 12.6.